The molecule has 158 valence electrons. The first-order valence-electron chi connectivity index (χ1n) is 11.2. The molecule has 1 aromatic carbocycles. The SMILES string of the molecule is CC(=O)N1c2ccc(N3CCNCC3)nc2C(Nc2ccccc2)[C@@H](C)[C@@H]1C1CC1. The van der Waals surface area contributed by atoms with Crippen molar-refractivity contribution in [3.8, 4) is 0 Å². The van der Waals surface area contributed by atoms with E-state index < -0.39 is 0 Å². The molecular weight excluding hydrogens is 374 g/mol. The Kier molecular flexibility index (Phi) is 5.11. The number of benzene rings is 1. The van der Waals surface area contributed by atoms with Gasteiger partial charge in [0.25, 0.3) is 0 Å². The summed E-state index contributed by atoms with van der Waals surface area (Å²) in [6.07, 6.45) is 2.41. The molecule has 2 fully saturated rings. The van der Waals surface area contributed by atoms with Gasteiger partial charge in [-0.2, -0.15) is 0 Å². The summed E-state index contributed by atoms with van der Waals surface area (Å²) in [4.78, 5) is 22.3. The van der Waals surface area contributed by atoms with Gasteiger partial charge in [-0.25, -0.2) is 4.98 Å². The van der Waals surface area contributed by atoms with Crippen LogP contribution >= 0.6 is 0 Å². The van der Waals surface area contributed by atoms with Gasteiger partial charge in [-0.05, 0) is 43.0 Å². The van der Waals surface area contributed by atoms with E-state index in [0.29, 0.717) is 5.92 Å². The minimum atomic E-state index is 0.0754. The number of carbonyl (C=O) groups excluding carboxylic acids is 1. The number of fused-ring (bicyclic) bond motifs is 1. The Labute approximate surface area is 178 Å². The van der Waals surface area contributed by atoms with Crippen molar-refractivity contribution >= 4 is 23.1 Å². The first-order chi connectivity index (χ1) is 14.6. The van der Waals surface area contributed by atoms with E-state index >= 15 is 0 Å². The zero-order valence-corrected chi connectivity index (χ0v) is 17.8. The minimum Gasteiger partial charge on any atom is -0.376 e. The molecule has 30 heavy (non-hydrogen) atoms. The molecule has 1 aromatic heterocycles. The molecule has 0 bridgehead atoms. The number of nitrogens with zero attached hydrogens (tertiary/aromatic N) is 3. The molecule has 1 amide bonds. The molecule has 5 rings (SSSR count). The fourth-order valence-electron chi connectivity index (χ4n) is 5.17. The summed E-state index contributed by atoms with van der Waals surface area (Å²) in [5.74, 6) is 2.00. The monoisotopic (exact) mass is 405 g/mol. The molecule has 2 aromatic rings. The number of carbonyl (C=O) groups is 1. The average molecular weight is 406 g/mol. The van der Waals surface area contributed by atoms with Crippen molar-refractivity contribution in [1.82, 2.24) is 10.3 Å². The Balaban J connectivity index is 1.58. The third-order valence-electron chi connectivity index (χ3n) is 6.79. The van der Waals surface area contributed by atoms with Gasteiger partial charge in [-0.15, -0.1) is 0 Å². The van der Waals surface area contributed by atoms with Crippen LogP contribution < -0.4 is 20.4 Å². The summed E-state index contributed by atoms with van der Waals surface area (Å²) in [6, 6.07) is 14.9. The highest BCUT2D eigenvalue weighted by Gasteiger charge is 2.48. The Bertz CT molecular complexity index is 907. The number of piperazine rings is 1. The van der Waals surface area contributed by atoms with Crippen LogP contribution in [0.5, 0.6) is 0 Å². The van der Waals surface area contributed by atoms with Gasteiger partial charge in [0.1, 0.15) is 5.82 Å². The number of aromatic nitrogens is 1. The highest BCUT2D eigenvalue weighted by atomic mass is 16.2. The molecule has 1 saturated carbocycles. The summed E-state index contributed by atoms with van der Waals surface area (Å²) in [5.41, 5.74) is 3.07. The van der Waals surface area contributed by atoms with E-state index in [-0.39, 0.29) is 23.9 Å². The van der Waals surface area contributed by atoms with Crippen molar-refractivity contribution in [3.05, 3.63) is 48.2 Å². The van der Waals surface area contributed by atoms with Crippen molar-refractivity contribution in [3.63, 3.8) is 0 Å². The van der Waals surface area contributed by atoms with Crippen LogP contribution in [-0.4, -0.2) is 43.1 Å². The molecule has 3 heterocycles. The minimum absolute atomic E-state index is 0.0754. The third-order valence-corrected chi connectivity index (χ3v) is 6.79. The van der Waals surface area contributed by atoms with Gasteiger partial charge in [0.15, 0.2) is 0 Å². The average Bonchev–Trinajstić information content (AvgIpc) is 3.61. The van der Waals surface area contributed by atoms with Gasteiger partial charge in [-0.3, -0.25) is 4.79 Å². The van der Waals surface area contributed by atoms with Crippen LogP contribution in [0.2, 0.25) is 0 Å². The summed E-state index contributed by atoms with van der Waals surface area (Å²) in [6.45, 7) is 7.84. The summed E-state index contributed by atoms with van der Waals surface area (Å²) >= 11 is 0. The molecule has 3 aliphatic rings. The van der Waals surface area contributed by atoms with E-state index in [1.54, 1.807) is 6.92 Å². The second kappa shape index (κ2) is 7.91. The van der Waals surface area contributed by atoms with Crippen molar-refractivity contribution in [2.45, 2.75) is 38.8 Å². The van der Waals surface area contributed by atoms with Crippen LogP contribution in [0, 0.1) is 11.8 Å². The van der Waals surface area contributed by atoms with E-state index in [4.69, 9.17) is 4.98 Å². The predicted molar refractivity (Wildman–Crippen MR) is 121 cm³/mol. The summed E-state index contributed by atoms with van der Waals surface area (Å²) in [7, 11) is 0. The van der Waals surface area contributed by atoms with E-state index in [2.05, 4.69) is 58.9 Å². The van der Waals surface area contributed by atoms with Crippen LogP contribution in [0.25, 0.3) is 0 Å². The maximum atomic E-state index is 12.8. The summed E-state index contributed by atoms with van der Waals surface area (Å²) in [5, 5.41) is 7.17. The zero-order valence-electron chi connectivity index (χ0n) is 17.8. The third kappa shape index (κ3) is 3.54. The van der Waals surface area contributed by atoms with Gasteiger partial charge in [0.05, 0.1) is 17.4 Å². The Morgan fingerprint density at radius 2 is 1.83 bits per heavy atom. The molecule has 3 atom stereocenters. The number of para-hydroxylation sites is 1. The molecule has 1 unspecified atom stereocenters. The van der Waals surface area contributed by atoms with Gasteiger partial charge >= 0.3 is 0 Å². The first kappa shape index (κ1) is 19.4. The quantitative estimate of drug-likeness (QED) is 0.816. The fraction of sp³-hybridized carbons (Fsp3) is 0.500. The molecule has 6 nitrogen and oxygen atoms in total. The first-order valence-corrected chi connectivity index (χ1v) is 11.2. The summed E-state index contributed by atoms with van der Waals surface area (Å²) < 4.78 is 0. The molecule has 0 radical (unpaired) electrons. The topological polar surface area (TPSA) is 60.5 Å². The van der Waals surface area contributed by atoms with Crippen molar-refractivity contribution in [1.29, 1.82) is 0 Å². The number of amides is 1. The molecular formula is C24H31N5O. The predicted octanol–water partition coefficient (Wildman–Crippen LogP) is 3.43. The standard InChI is InChI=1S/C24H31N5O/c1-16-22(26-19-6-4-3-5-7-19)23-20(29(17(2)30)24(16)18-8-9-18)10-11-21(27-23)28-14-12-25-13-15-28/h3-7,10-11,16,18,22,24-26H,8-9,12-15H2,1-2H3/t16-,22?,24-/m1/s1. The van der Waals surface area contributed by atoms with Crippen LogP contribution in [0.1, 0.15) is 38.4 Å². The smallest absolute Gasteiger partial charge is 0.224 e. The van der Waals surface area contributed by atoms with Crippen LogP contribution in [0.4, 0.5) is 17.2 Å². The van der Waals surface area contributed by atoms with Gasteiger partial charge < -0.3 is 20.4 Å². The lowest BCUT2D eigenvalue weighted by Gasteiger charge is -2.45. The number of hydrogen-bond donors (Lipinski definition) is 2. The number of hydrogen-bond acceptors (Lipinski definition) is 5. The Morgan fingerprint density at radius 1 is 1.10 bits per heavy atom. The number of nitrogens with one attached hydrogen (secondary N) is 2. The van der Waals surface area contributed by atoms with Crippen LogP contribution in [0.3, 0.4) is 0 Å². The maximum absolute atomic E-state index is 12.8. The van der Waals surface area contributed by atoms with Crippen LogP contribution in [-0.2, 0) is 4.79 Å². The van der Waals surface area contributed by atoms with E-state index in [0.717, 1.165) is 49.1 Å². The van der Waals surface area contributed by atoms with Crippen LogP contribution in [0.15, 0.2) is 42.5 Å². The number of pyridine rings is 1. The zero-order chi connectivity index (χ0) is 20.7. The maximum Gasteiger partial charge on any atom is 0.224 e. The lowest BCUT2D eigenvalue weighted by atomic mass is 9.82. The number of anilines is 3. The molecule has 1 saturated heterocycles. The molecule has 0 spiro atoms. The molecule has 1 aliphatic carbocycles. The van der Waals surface area contributed by atoms with Gasteiger partial charge in [-0.1, -0.05) is 25.1 Å². The second-order valence-corrected chi connectivity index (χ2v) is 8.88. The number of rotatable bonds is 4. The van der Waals surface area contributed by atoms with E-state index in [1.807, 2.05) is 11.0 Å². The Hall–Kier alpha value is -2.60. The molecule has 6 heteroatoms. The highest BCUT2D eigenvalue weighted by molar-refractivity contribution is 5.94. The van der Waals surface area contributed by atoms with E-state index in [1.165, 1.54) is 12.8 Å². The normalized spacial score (nSPS) is 26.3. The van der Waals surface area contributed by atoms with Crippen molar-refractivity contribution in [2.24, 2.45) is 11.8 Å². The largest absolute Gasteiger partial charge is 0.376 e. The highest BCUT2D eigenvalue weighted by Crippen LogP contribution is 2.49. The second-order valence-electron chi connectivity index (χ2n) is 8.88. The lowest BCUT2D eigenvalue weighted by Crippen LogP contribution is -2.51. The van der Waals surface area contributed by atoms with Gasteiger partial charge in [0.2, 0.25) is 5.91 Å². The van der Waals surface area contributed by atoms with Crippen molar-refractivity contribution < 1.29 is 4.79 Å². The fourth-order valence-corrected chi connectivity index (χ4v) is 5.17. The molecule has 2 N–H and O–H groups in total. The molecule has 2 aliphatic heterocycles. The van der Waals surface area contributed by atoms with Gasteiger partial charge in [0, 0.05) is 50.7 Å². The lowest BCUT2D eigenvalue weighted by molar-refractivity contribution is -0.117. The Morgan fingerprint density at radius 3 is 2.50 bits per heavy atom. The van der Waals surface area contributed by atoms with Crippen molar-refractivity contribution in [2.75, 3.05) is 41.3 Å². The van der Waals surface area contributed by atoms with E-state index in [9.17, 15) is 4.79 Å².